The second-order valence-corrected chi connectivity index (χ2v) is 5.77. The Balaban J connectivity index is 1.67. The van der Waals surface area contributed by atoms with Gasteiger partial charge >= 0.3 is 11.9 Å². The molecule has 2 aromatic carbocycles. The molecule has 130 valence electrons. The lowest BCUT2D eigenvalue weighted by Crippen LogP contribution is -2.40. The molecule has 0 spiro atoms. The number of carbonyl (C=O) groups excluding carboxylic acids is 2. The van der Waals surface area contributed by atoms with E-state index in [1.807, 2.05) is 30.3 Å². The first-order chi connectivity index (χ1) is 12.0. The number of rotatable bonds is 4. The summed E-state index contributed by atoms with van der Waals surface area (Å²) in [4.78, 5) is 23.1. The molecule has 3 rings (SSSR count). The fraction of sp³-hybridized carbons (Fsp3) is 0.263. The zero-order valence-corrected chi connectivity index (χ0v) is 13.7. The predicted octanol–water partition coefficient (Wildman–Crippen LogP) is 2.02. The molecule has 0 saturated heterocycles. The molecule has 1 aliphatic heterocycles. The SMILES string of the molecule is CC(=O)Oc1ccc2c(c1)CC(OC(=O)Cc1ccccc1)C(O)O2. The summed E-state index contributed by atoms with van der Waals surface area (Å²) in [5, 5.41) is 10.1. The van der Waals surface area contributed by atoms with Crippen molar-refractivity contribution in [1.82, 2.24) is 0 Å². The maximum atomic E-state index is 12.1. The Morgan fingerprint density at radius 1 is 1.20 bits per heavy atom. The van der Waals surface area contributed by atoms with Crippen LogP contribution in [0.3, 0.4) is 0 Å². The molecule has 0 aromatic heterocycles. The van der Waals surface area contributed by atoms with Crippen molar-refractivity contribution in [3.05, 3.63) is 59.7 Å². The topological polar surface area (TPSA) is 82.1 Å². The van der Waals surface area contributed by atoms with Crippen LogP contribution in [0.1, 0.15) is 18.1 Å². The zero-order chi connectivity index (χ0) is 17.8. The fourth-order valence-corrected chi connectivity index (χ4v) is 2.66. The number of aliphatic hydroxyl groups is 1. The minimum atomic E-state index is -1.24. The van der Waals surface area contributed by atoms with E-state index in [4.69, 9.17) is 14.2 Å². The summed E-state index contributed by atoms with van der Waals surface area (Å²) in [5.74, 6) is -0.0274. The average Bonchev–Trinajstić information content (AvgIpc) is 2.56. The first kappa shape index (κ1) is 17.0. The minimum Gasteiger partial charge on any atom is -0.461 e. The van der Waals surface area contributed by atoms with Crippen molar-refractivity contribution in [3.8, 4) is 11.5 Å². The summed E-state index contributed by atoms with van der Waals surface area (Å²) < 4.78 is 15.8. The van der Waals surface area contributed by atoms with Crippen LogP contribution in [-0.2, 0) is 27.2 Å². The number of benzene rings is 2. The Labute approximate surface area is 144 Å². The highest BCUT2D eigenvalue weighted by Crippen LogP contribution is 2.31. The number of esters is 2. The van der Waals surface area contributed by atoms with Gasteiger partial charge in [-0.25, -0.2) is 0 Å². The van der Waals surface area contributed by atoms with Gasteiger partial charge in [-0.3, -0.25) is 9.59 Å². The lowest BCUT2D eigenvalue weighted by molar-refractivity contribution is -0.172. The summed E-state index contributed by atoms with van der Waals surface area (Å²) in [6, 6.07) is 14.0. The van der Waals surface area contributed by atoms with E-state index in [1.54, 1.807) is 18.2 Å². The molecule has 1 heterocycles. The van der Waals surface area contributed by atoms with E-state index in [0.29, 0.717) is 17.1 Å². The normalized spacial score (nSPS) is 18.6. The fourth-order valence-electron chi connectivity index (χ4n) is 2.66. The summed E-state index contributed by atoms with van der Waals surface area (Å²) >= 11 is 0. The van der Waals surface area contributed by atoms with Crippen molar-refractivity contribution in [2.45, 2.75) is 32.2 Å². The molecule has 0 bridgehead atoms. The van der Waals surface area contributed by atoms with Crippen LogP contribution in [0.15, 0.2) is 48.5 Å². The highest BCUT2D eigenvalue weighted by Gasteiger charge is 2.32. The Morgan fingerprint density at radius 2 is 1.96 bits per heavy atom. The number of ether oxygens (including phenoxy) is 3. The summed E-state index contributed by atoms with van der Waals surface area (Å²) in [6.45, 7) is 1.31. The summed E-state index contributed by atoms with van der Waals surface area (Å²) in [6.07, 6.45) is -1.68. The smallest absolute Gasteiger partial charge is 0.310 e. The molecule has 0 saturated carbocycles. The molecule has 0 radical (unpaired) electrons. The van der Waals surface area contributed by atoms with Crippen molar-refractivity contribution in [2.75, 3.05) is 0 Å². The third kappa shape index (κ3) is 4.36. The standard InChI is InChI=1S/C19H18O6/c1-12(20)23-15-7-8-16-14(10-15)11-17(19(22)25-16)24-18(21)9-13-5-3-2-4-6-13/h2-8,10,17,19,22H,9,11H2,1H3. The second kappa shape index (κ2) is 7.36. The maximum absolute atomic E-state index is 12.1. The average molecular weight is 342 g/mol. The molecule has 1 aliphatic rings. The number of hydrogen-bond acceptors (Lipinski definition) is 6. The van der Waals surface area contributed by atoms with E-state index in [-0.39, 0.29) is 12.8 Å². The van der Waals surface area contributed by atoms with Crippen LogP contribution < -0.4 is 9.47 Å². The van der Waals surface area contributed by atoms with Crippen LogP contribution >= 0.6 is 0 Å². The van der Waals surface area contributed by atoms with Gasteiger partial charge in [0.2, 0.25) is 6.29 Å². The molecule has 0 aliphatic carbocycles. The van der Waals surface area contributed by atoms with Gasteiger partial charge in [0.05, 0.1) is 6.42 Å². The van der Waals surface area contributed by atoms with Crippen molar-refractivity contribution in [2.24, 2.45) is 0 Å². The van der Waals surface area contributed by atoms with Gasteiger partial charge in [-0.05, 0) is 23.8 Å². The van der Waals surface area contributed by atoms with Crippen molar-refractivity contribution in [1.29, 1.82) is 0 Å². The Morgan fingerprint density at radius 3 is 2.68 bits per heavy atom. The van der Waals surface area contributed by atoms with E-state index < -0.39 is 24.3 Å². The molecule has 6 heteroatoms. The van der Waals surface area contributed by atoms with Crippen molar-refractivity contribution < 1.29 is 28.9 Å². The van der Waals surface area contributed by atoms with Crippen molar-refractivity contribution in [3.63, 3.8) is 0 Å². The van der Waals surface area contributed by atoms with Gasteiger partial charge < -0.3 is 19.3 Å². The third-order valence-electron chi connectivity index (χ3n) is 3.75. The van der Waals surface area contributed by atoms with Crippen LogP contribution in [0.25, 0.3) is 0 Å². The molecule has 2 atom stereocenters. The van der Waals surface area contributed by atoms with Gasteiger partial charge in [0.25, 0.3) is 0 Å². The first-order valence-electron chi connectivity index (χ1n) is 7.91. The van der Waals surface area contributed by atoms with E-state index in [1.165, 1.54) is 6.92 Å². The first-order valence-corrected chi connectivity index (χ1v) is 7.91. The van der Waals surface area contributed by atoms with E-state index in [9.17, 15) is 14.7 Å². The summed E-state index contributed by atoms with van der Waals surface area (Å²) in [5.41, 5.74) is 1.53. The van der Waals surface area contributed by atoms with Gasteiger partial charge in [-0.15, -0.1) is 0 Å². The van der Waals surface area contributed by atoms with Crippen LogP contribution in [0.5, 0.6) is 11.5 Å². The highest BCUT2D eigenvalue weighted by molar-refractivity contribution is 5.73. The van der Waals surface area contributed by atoms with Crippen LogP contribution in [0, 0.1) is 0 Å². The Bertz CT molecular complexity index is 771. The molecule has 0 amide bonds. The van der Waals surface area contributed by atoms with E-state index in [0.717, 1.165) is 5.56 Å². The Hall–Kier alpha value is -2.86. The zero-order valence-electron chi connectivity index (χ0n) is 13.7. The molecule has 25 heavy (non-hydrogen) atoms. The van der Waals surface area contributed by atoms with Crippen LogP contribution in [-0.4, -0.2) is 29.4 Å². The molecular formula is C19H18O6. The van der Waals surface area contributed by atoms with Crippen LogP contribution in [0.2, 0.25) is 0 Å². The molecular weight excluding hydrogens is 324 g/mol. The molecule has 6 nitrogen and oxygen atoms in total. The lowest BCUT2D eigenvalue weighted by atomic mass is 10.0. The third-order valence-corrected chi connectivity index (χ3v) is 3.75. The number of hydrogen-bond donors (Lipinski definition) is 1. The van der Waals surface area contributed by atoms with Gasteiger partial charge in [-0.2, -0.15) is 0 Å². The Kier molecular flexibility index (Phi) is 5.00. The molecule has 2 aromatic rings. The number of fused-ring (bicyclic) bond motifs is 1. The largest absolute Gasteiger partial charge is 0.461 e. The highest BCUT2D eigenvalue weighted by atomic mass is 16.6. The monoisotopic (exact) mass is 342 g/mol. The van der Waals surface area contributed by atoms with Gasteiger partial charge in [0, 0.05) is 18.9 Å². The molecule has 0 fully saturated rings. The van der Waals surface area contributed by atoms with E-state index in [2.05, 4.69) is 0 Å². The quantitative estimate of drug-likeness (QED) is 0.676. The number of carbonyl (C=O) groups is 2. The van der Waals surface area contributed by atoms with Gasteiger partial charge in [0.15, 0.2) is 6.10 Å². The molecule has 2 unspecified atom stereocenters. The second-order valence-electron chi connectivity index (χ2n) is 5.77. The van der Waals surface area contributed by atoms with Gasteiger partial charge in [-0.1, -0.05) is 30.3 Å². The molecule has 1 N–H and O–H groups in total. The minimum absolute atomic E-state index is 0.115. The summed E-state index contributed by atoms with van der Waals surface area (Å²) in [7, 11) is 0. The maximum Gasteiger partial charge on any atom is 0.310 e. The lowest BCUT2D eigenvalue weighted by Gasteiger charge is -2.30. The van der Waals surface area contributed by atoms with Crippen molar-refractivity contribution >= 4 is 11.9 Å². The van der Waals surface area contributed by atoms with E-state index >= 15 is 0 Å². The van der Waals surface area contributed by atoms with Gasteiger partial charge in [0.1, 0.15) is 11.5 Å². The van der Waals surface area contributed by atoms with Crippen LogP contribution in [0.4, 0.5) is 0 Å². The predicted molar refractivity (Wildman–Crippen MR) is 88.1 cm³/mol. The number of aliphatic hydroxyl groups excluding tert-OH is 1.